The molecule has 0 aliphatic rings. The normalized spacial score (nSPS) is 10.3. The van der Waals surface area contributed by atoms with Crippen LogP contribution in [-0.2, 0) is 4.74 Å². The van der Waals surface area contributed by atoms with Crippen molar-refractivity contribution in [2.45, 2.75) is 47.1 Å². The van der Waals surface area contributed by atoms with Gasteiger partial charge in [0.25, 0.3) is 0 Å². The Hall–Kier alpha value is -1.36. The first-order valence-corrected chi connectivity index (χ1v) is 7.18. The first kappa shape index (κ1) is 18.6. The van der Waals surface area contributed by atoms with Crippen LogP contribution in [0.25, 0.3) is 0 Å². The van der Waals surface area contributed by atoms with Gasteiger partial charge in [0.15, 0.2) is 0 Å². The van der Waals surface area contributed by atoms with Crippen molar-refractivity contribution >= 4 is 27.9 Å². The molecule has 112 valence electrons. The summed E-state index contributed by atoms with van der Waals surface area (Å²) in [5, 5.41) is 9.10. The minimum Gasteiger partial charge on any atom is -0.478 e. The zero-order valence-electron chi connectivity index (χ0n) is 12.7. The number of halogens is 1. The molecule has 0 heterocycles. The molecule has 4 nitrogen and oxygen atoms in total. The Morgan fingerprint density at radius 1 is 1.15 bits per heavy atom. The first-order valence-electron chi connectivity index (χ1n) is 6.38. The van der Waals surface area contributed by atoms with Crippen LogP contribution in [0.15, 0.2) is 16.6 Å². The van der Waals surface area contributed by atoms with Gasteiger partial charge in [-0.05, 0) is 45.4 Å². The highest BCUT2D eigenvalue weighted by molar-refractivity contribution is 9.10. The summed E-state index contributed by atoms with van der Waals surface area (Å²) in [6, 6.07) is 2.93. The maximum atomic E-state index is 11.9. The predicted molar refractivity (Wildman–Crippen MR) is 82.4 cm³/mol. The molecular weight excluding hydrogens is 324 g/mol. The number of aromatic carboxylic acids is 1. The number of carboxylic acids is 1. The third-order valence-electron chi connectivity index (χ3n) is 2.15. The quantitative estimate of drug-likeness (QED) is 0.805. The van der Waals surface area contributed by atoms with Crippen molar-refractivity contribution in [2.24, 2.45) is 0 Å². The Morgan fingerprint density at radius 2 is 1.65 bits per heavy atom. The molecule has 0 aliphatic heterocycles. The lowest BCUT2D eigenvalue weighted by Gasteiger charge is -2.20. The summed E-state index contributed by atoms with van der Waals surface area (Å²) in [4.78, 5) is 23.1. The molecule has 5 heteroatoms. The standard InChI is InChI=1S/C13H15BrO4.C2H6/c1-7-5-9(12(17)18-13(2,3)4)8(11(15)16)6-10(7)14;1-2/h5-6H,1-4H3,(H,15,16);1-2H3. The molecular formula is C15H21BrO4. The maximum absolute atomic E-state index is 11.9. The lowest BCUT2D eigenvalue weighted by Crippen LogP contribution is -2.25. The van der Waals surface area contributed by atoms with E-state index in [1.54, 1.807) is 27.7 Å². The van der Waals surface area contributed by atoms with Crippen molar-refractivity contribution in [1.82, 2.24) is 0 Å². The Balaban J connectivity index is 0.00000172. The van der Waals surface area contributed by atoms with Gasteiger partial charge in [0.05, 0.1) is 11.1 Å². The Bertz CT molecular complexity index is 501. The van der Waals surface area contributed by atoms with Crippen LogP contribution in [0.1, 0.15) is 60.9 Å². The lowest BCUT2D eigenvalue weighted by molar-refractivity contribution is 0.00657. The summed E-state index contributed by atoms with van der Waals surface area (Å²) in [6.07, 6.45) is 0. The second-order valence-electron chi connectivity index (χ2n) is 4.95. The van der Waals surface area contributed by atoms with E-state index in [4.69, 9.17) is 9.84 Å². The van der Waals surface area contributed by atoms with E-state index in [9.17, 15) is 9.59 Å². The third-order valence-corrected chi connectivity index (χ3v) is 3.00. The Morgan fingerprint density at radius 3 is 2.05 bits per heavy atom. The van der Waals surface area contributed by atoms with Gasteiger partial charge in [-0.1, -0.05) is 29.8 Å². The molecule has 0 unspecified atom stereocenters. The summed E-state index contributed by atoms with van der Waals surface area (Å²) in [6.45, 7) is 11.0. The van der Waals surface area contributed by atoms with Gasteiger partial charge >= 0.3 is 11.9 Å². The molecule has 0 radical (unpaired) electrons. The van der Waals surface area contributed by atoms with Gasteiger partial charge in [-0.15, -0.1) is 0 Å². The molecule has 0 atom stereocenters. The van der Waals surface area contributed by atoms with E-state index in [1.807, 2.05) is 13.8 Å². The van der Waals surface area contributed by atoms with E-state index in [0.717, 1.165) is 5.56 Å². The van der Waals surface area contributed by atoms with E-state index in [2.05, 4.69) is 15.9 Å². The Labute approximate surface area is 128 Å². The van der Waals surface area contributed by atoms with Gasteiger partial charge in [0, 0.05) is 4.47 Å². The van der Waals surface area contributed by atoms with Crippen molar-refractivity contribution in [2.75, 3.05) is 0 Å². The number of benzene rings is 1. The molecule has 1 aromatic rings. The van der Waals surface area contributed by atoms with E-state index in [0.29, 0.717) is 4.47 Å². The summed E-state index contributed by atoms with van der Waals surface area (Å²) in [5.41, 5.74) is 0.120. The minimum atomic E-state index is -1.16. The molecule has 1 rings (SSSR count). The molecule has 0 spiro atoms. The smallest absolute Gasteiger partial charge is 0.339 e. The van der Waals surface area contributed by atoms with Gasteiger partial charge in [0.2, 0.25) is 0 Å². The zero-order valence-corrected chi connectivity index (χ0v) is 14.3. The molecule has 0 aliphatic carbocycles. The number of aryl methyl sites for hydroxylation is 1. The van der Waals surface area contributed by atoms with E-state index in [-0.39, 0.29) is 11.1 Å². The minimum absolute atomic E-state index is 0.0677. The average Bonchev–Trinajstić information content (AvgIpc) is 2.32. The number of hydrogen-bond donors (Lipinski definition) is 1. The van der Waals surface area contributed by atoms with Gasteiger partial charge in [-0.3, -0.25) is 0 Å². The van der Waals surface area contributed by atoms with Crippen LogP contribution in [0.4, 0.5) is 0 Å². The summed E-state index contributed by atoms with van der Waals surface area (Å²) in [5.74, 6) is -1.79. The van der Waals surface area contributed by atoms with Crippen molar-refractivity contribution < 1.29 is 19.4 Å². The largest absolute Gasteiger partial charge is 0.478 e. The second kappa shape index (κ2) is 7.43. The van der Waals surface area contributed by atoms with Crippen LogP contribution >= 0.6 is 15.9 Å². The van der Waals surface area contributed by atoms with Crippen LogP contribution in [-0.4, -0.2) is 22.6 Å². The topological polar surface area (TPSA) is 63.6 Å². The number of esters is 1. The summed E-state index contributed by atoms with van der Waals surface area (Å²) >= 11 is 3.24. The summed E-state index contributed by atoms with van der Waals surface area (Å²) < 4.78 is 5.84. The van der Waals surface area contributed by atoms with E-state index >= 15 is 0 Å². The van der Waals surface area contributed by atoms with Gasteiger partial charge < -0.3 is 9.84 Å². The molecule has 0 saturated carbocycles. The van der Waals surface area contributed by atoms with Crippen molar-refractivity contribution in [3.63, 3.8) is 0 Å². The highest BCUT2D eigenvalue weighted by atomic mass is 79.9. The number of carbonyl (C=O) groups excluding carboxylic acids is 1. The van der Waals surface area contributed by atoms with Crippen molar-refractivity contribution in [1.29, 1.82) is 0 Å². The predicted octanol–water partition coefficient (Wildman–Crippen LogP) is 4.44. The molecule has 0 bridgehead atoms. The Kier molecular flexibility index (Phi) is 6.92. The van der Waals surface area contributed by atoms with Crippen LogP contribution < -0.4 is 0 Å². The number of rotatable bonds is 2. The monoisotopic (exact) mass is 344 g/mol. The number of carbonyl (C=O) groups is 2. The average molecular weight is 345 g/mol. The van der Waals surface area contributed by atoms with Crippen molar-refractivity contribution in [3.05, 3.63) is 33.3 Å². The molecule has 0 saturated heterocycles. The SMILES string of the molecule is CC.Cc1cc(C(=O)OC(C)(C)C)c(C(=O)O)cc1Br. The molecule has 0 amide bonds. The highest BCUT2D eigenvalue weighted by Gasteiger charge is 2.23. The fourth-order valence-corrected chi connectivity index (χ4v) is 1.70. The highest BCUT2D eigenvalue weighted by Crippen LogP contribution is 2.23. The number of ether oxygens (including phenoxy) is 1. The number of carboxylic acid groups (broad SMARTS) is 1. The zero-order chi connectivity index (χ0) is 16.1. The fourth-order valence-electron chi connectivity index (χ4n) is 1.36. The fraction of sp³-hybridized carbons (Fsp3) is 0.467. The van der Waals surface area contributed by atoms with E-state index < -0.39 is 17.5 Å². The van der Waals surface area contributed by atoms with Crippen molar-refractivity contribution in [3.8, 4) is 0 Å². The molecule has 1 aromatic carbocycles. The molecule has 0 aromatic heterocycles. The molecule has 1 N–H and O–H groups in total. The van der Waals surface area contributed by atoms with Crippen LogP contribution in [0.5, 0.6) is 0 Å². The summed E-state index contributed by atoms with van der Waals surface area (Å²) in [7, 11) is 0. The van der Waals surface area contributed by atoms with Gasteiger partial charge in [-0.25, -0.2) is 9.59 Å². The molecule has 20 heavy (non-hydrogen) atoms. The molecule has 0 fully saturated rings. The van der Waals surface area contributed by atoms with Gasteiger partial charge in [-0.2, -0.15) is 0 Å². The van der Waals surface area contributed by atoms with Crippen LogP contribution in [0, 0.1) is 6.92 Å². The third kappa shape index (κ3) is 5.33. The maximum Gasteiger partial charge on any atom is 0.339 e. The second-order valence-corrected chi connectivity index (χ2v) is 5.81. The number of hydrogen-bond acceptors (Lipinski definition) is 3. The lowest BCUT2D eigenvalue weighted by atomic mass is 10.0. The van der Waals surface area contributed by atoms with Crippen LogP contribution in [0.2, 0.25) is 0 Å². The van der Waals surface area contributed by atoms with Crippen LogP contribution in [0.3, 0.4) is 0 Å². The van der Waals surface area contributed by atoms with Gasteiger partial charge in [0.1, 0.15) is 5.60 Å². The first-order chi connectivity index (χ1) is 9.11. The van der Waals surface area contributed by atoms with E-state index in [1.165, 1.54) is 12.1 Å².